The van der Waals surface area contributed by atoms with Crippen molar-refractivity contribution < 1.29 is 17.6 Å². The molecule has 1 aliphatic rings. The molecular weight excluding hydrogens is 443 g/mol. The van der Waals surface area contributed by atoms with E-state index in [1.807, 2.05) is 30.3 Å². The van der Waals surface area contributed by atoms with Crippen LogP contribution in [0.5, 0.6) is 0 Å². The van der Waals surface area contributed by atoms with E-state index in [0.29, 0.717) is 40.1 Å². The summed E-state index contributed by atoms with van der Waals surface area (Å²) in [5.74, 6) is -0.673. The summed E-state index contributed by atoms with van der Waals surface area (Å²) in [5, 5.41) is 7.97. The summed E-state index contributed by atoms with van der Waals surface area (Å²) in [6.45, 7) is 1.78. The van der Waals surface area contributed by atoms with E-state index in [1.54, 1.807) is 17.7 Å². The van der Waals surface area contributed by atoms with Gasteiger partial charge in [0.1, 0.15) is 5.82 Å². The highest BCUT2D eigenvalue weighted by atomic mass is 32.2. The molecule has 33 heavy (non-hydrogen) atoms. The molecule has 5 rings (SSSR count). The van der Waals surface area contributed by atoms with Crippen LogP contribution in [0.1, 0.15) is 28.5 Å². The quantitative estimate of drug-likeness (QED) is 0.490. The largest absolute Gasteiger partial charge is 0.322 e. The Hall–Kier alpha value is -3.59. The number of nitrogens with zero attached hydrogens (tertiary/aromatic N) is 3. The predicted molar refractivity (Wildman–Crippen MR) is 124 cm³/mol. The summed E-state index contributed by atoms with van der Waals surface area (Å²) in [5.41, 5.74) is 3.28. The Bertz CT molecular complexity index is 1470. The fourth-order valence-electron chi connectivity index (χ4n) is 4.20. The second kappa shape index (κ2) is 8.08. The first-order valence-electron chi connectivity index (χ1n) is 10.5. The maximum atomic E-state index is 13.3. The number of hydrogen-bond donors (Lipinski definition) is 1. The molecule has 0 unspecified atom stereocenters. The molecule has 2 aromatic carbocycles. The van der Waals surface area contributed by atoms with Crippen molar-refractivity contribution in [3.63, 3.8) is 0 Å². The Balaban J connectivity index is 1.67. The molecule has 7 nitrogen and oxygen atoms in total. The highest BCUT2D eigenvalue weighted by molar-refractivity contribution is 7.91. The summed E-state index contributed by atoms with van der Waals surface area (Å²) in [6, 6.07) is 16.3. The van der Waals surface area contributed by atoms with E-state index in [2.05, 4.69) is 10.4 Å². The lowest BCUT2D eigenvalue weighted by Gasteiger charge is -2.12. The first-order chi connectivity index (χ1) is 15.8. The average Bonchev–Trinajstić information content (AvgIpc) is 3.34. The van der Waals surface area contributed by atoms with Gasteiger partial charge in [-0.25, -0.2) is 22.5 Å². The molecule has 1 aliphatic heterocycles. The molecule has 1 N–H and O–H groups in total. The summed E-state index contributed by atoms with van der Waals surface area (Å²) in [6.07, 6.45) is 0.451. The summed E-state index contributed by atoms with van der Waals surface area (Å²) in [7, 11) is -3.13. The molecule has 0 radical (unpaired) electrons. The van der Waals surface area contributed by atoms with Gasteiger partial charge in [-0.2, -0.15) is 5.10 Å². The zero-order valence-electron chi connectivity index (χ0n) is 17.8. The molecule has 2 aromatic heterocycles. The number of carbonyl (C=O) groups is 1. The molecule has 1 atom stereocenters. The lowest BCUT2D eigenvalue weighted by Crippen LogP contribution is -2.15. The van der Waals surface area contributed by atoms with E-state index in [4.69, 9.17) is 4.98 Å². The monoisotopic (exact) mass is 464 g/mol. The SMILES string of the molecule is Cc1nn([C@H]2CCS(=O)(=O)C2)c2nc(-c3ccccc3)cc(C(=O)Nc3ccc(F)cc3)c12. The topological polar surface area (TPSA) is 93.9 Å². The number of amides is 1. The minimum Gasteiger partial charge on any atom is -0.322 e. The number of hydrogen-bond acceptors (Lipinski definition) is 5. The highest BCUT2D eigenvalue weighted by Gasteiger charge is 2.32. The number of rotatable bonds is 4. The van der Waals surface area contributed by atoms with Crippen molar-refractivity contribution in [2.75, 3.05) is 16.8 Å². The fourth-order valence-corrected chi connectivity index (χ4v) is 5.90. The molecule has 1 saturated heterocycles. The van der Waals surface area contributed by atoms with Gasteiger partial charge in [-0.05, 0) is 43.7 Å². The van der Waals surface area contributed by atoms with E-state index in [0.717, 1.165) is 5.56 Å². The molecule has 0 spiro atoms. The van der Waals surface area contributed by atoms with Gasteiger partial charge in [0.25, 0.3) is 5.91 Å². The lowest BCUT2D eigenvalue weighted by molar-refractivity contribution is 0.102. The van der Waals surface area contributed by atoms with Gasteiger partial charge in [-0.3, -0.25) is 4.79 Å². The average molecular weight is 465 g/mol. The van der Waals surface area contributed by atoms with Crippen molar-refractivity contribution in [1.29, 1.82) is 0 Å². The molecule has 168 valence electrons. The van der Waals surface area contributed by atoms with Crippen LogP contribution in [0.3, 0.4) is 0 Å². The van der Waals surface area contributed by atoms with Gasteiger partial charge in [0.15, 0.2) is 15.5 Å². The van der Waals surface area contributed by atoms with E-state index >= 15 is 0 Å². The van der Waals surface area contributed by atoms with Crippen LogP contribution in [0.2, 0.25) is 0 Å². The smallest absolute Gasteiger partial charge is 0.256 e. The summed E-state index contributed by atoms with van der Waals surface area (Å²) >= 11 is 0. The van der Waals surface area contributed by atoms with Crippen LogP contribution >= 0.6 is 0 Å². The second-order valence-electron chi connectivity index (χ2n) is 8.17. The number of benzene rings is 2. The van der Waals surface area contributed by atoms with Crippen molar-refractivity contribution in [3.8, 4) is 11.3 Å². The predicted octanol–water partition coefficient (Wildman–Crippen LogP) is 4.16. The zero-order valence-corrected chi connectivity index (χ0v) is 18.6. The van der Waals surface area contributed by atoms with Crippen LogP contribution in [-0.2, 0) is 9.84 Å². The Morgan fingerprint density at radius 2 is 1.85 bits per heavy atom. The first kappa shape index (κ1) is 21.3. The fraction of sp³-hybridized carbons (Fsp3) is 0.208. The maximum Gasteiger partial charge on any atom is 0.256 e. The molecule has 0 saturated carbocycles. The zero-order chi connectivity index (χ0) is 23.2. The van der Waals surface area contributed by atoms with Crippen LogP contribution in [0.15, 0.2) is 60.7 Å². The molecular formula is C24H21FN4O3S. The van der Waals surface area contributed by atoms with Crippen LogP contribution in [0.4, 0.5) is 10.1 Å². The van der Waals surface area contributed by atoms with Gasteiger partial charge in [0.2, 0.25) is 0 Å². The van der Waals surface area contributed by atoms with Gasteiger partial charge >= 0.3 is 0 Å². The Kier molecular flexibility index (Phi) is 5.20. The van der Waals surface area contributed by atoms with Gasteiger partial charge in [-0.15, -0.1) is 0 Å². The van der Waals surface area contributed by atoms with Crippen LogP contribution in [0, 0.1) is 12.7 Å². The number of pyridine rings is 1. The molecule has 1 fully saturated rings. The van der Waals surface area contributed by atoms with E-state index in [9.17, 15) is 17.6 Å². The normalized spacial score (nSPS) is 17.3. The lowest BCUT2D eigenvalue weighted by atomic mass is 10.0. The van der Waals surface area contributed by atoms with Crippen LogP contribution in [0.25, 0.3) is 22.3 Å². The number of halogens is 1. The number of aromatic nitrogens is 3. The van der Waals surface area contributed by atoms with E-state index in [-0.39, 0.29) is 23.5 Å². The molecule has 0 aliphatic carbocycles. The third kappa shape index (κ3) is 4.11. The molecule has 0 bridgehead atoms. The first-order valence-corrected chi connectivity index (χ1v) is 12.4. The third-order valence-corrected chi connectivity index (χ3v) is 7.56. The minimum atomic E-state index is -3.13. The molecule has 1 amide bonds. The number of anilines is 1. The van der Waals surface area contributed by atoms with Gasteiger partial charge in [0.05, 0.1) is 39.9 Å². The van der Waals surface area contributed by atoms with Gasteiger partial charge in [-0.1, -0.05) is 30.3 Å². The second-order valence-corrected chi connectivity index (χ2v) is 10.4. The summed E-state index contributed by atoms with van der Waals surface area (Å²) in [4.78, 5) is 18.1. The van der Waals surface area contributed by atoms with Crippen LogP contribution in [-0.4, -0.2) is 40.6 Å². The number of aryl methyl sites for hydroxylation is 1. The minimum absolute atomic E-state index is 0.00241. The molecule has 4 aromatic rings. The maximum absolute atomic E-state index is 13.3. The highest BCUT2D eigenvalue weighted by Crippen LogP contribution is 2.32. The van der Waals surface area contributed by atoms with Crippen molar-refractivity contribution in [2.45, 2.75) is 19.4 Å². The van der Waals surface area contributed by atoms with Crippen molar-refractivity contribution in [3.05, 3.63) is 77.7 Å². The Morgan fingerprint density at radius 1 is 1.12 bits per heavy atom. The van der Waals surface area contributed by atoms with Crippen LogP contribution < -0.4 is 5.32 Å². The summed E-state index contributed by atoms with van der Waals surface area (Å²) < 4.78 is 39.1. The standard InChI is InChI=1S/C24H21FN4O3S/c1-15-22-20(24(30)26-18-9-7-17(25)8-10-18)13-21(16-5-3-2-4-6-16)27-23(22)29(28-15)19-11-12-33(31,32)14-19/h2-10,13,19H,11-12,14H2,1H3,(H,26,30)/t19-/m0/s1. The van der Waals surface area contributed by atoms with E-state index in [1.165, 1.54) is 24.3 Å². The van der Waals surface area contributed by atoms with E-state index < -0.39 is 15.7 Å². The van der Waals surface area contributed by atoms with Crippen molar-refractivity contribution >= 4 is 32.5 Å². The third-order valence-electron chi connectivity index (χ3n) is 5.81. The van der Waals surface area contributed by atoms with Crippen molar-refractivity contribution in [1.82, 2.24) is 14.8 Å². The molecule has 3 heterocycles. The number of sulfone groups is 1. The Labute approximate surface area is 190 Å². The van der Waals surface area contributed by atoms with Crippen molar-refractivity contribution in [2.24, 2.45) is 0 Å². The Morgan fingerprint density at radius 3 is 2.52 bits per heavy atom. The van der Waals surface area contributed by atoms with Gasteiger partial charge in [0, 0.05) is 11.3 Å². The number of carbonyl (C=O) groups excluding carboxylic acids is 1. The molecule has 9 heteroatoms. The van der Waals surface area contributed by atoms with Gasteiger partial charge < -0.3 is 5.32 Å². The number of nitrogens with one attached hydrogen (secondary N) is 1. The number of fused-ring (bicyclic) bond motifs is 1.